The number of benzene rings is 1. The third-order valence-electron chi connectivity index (χ3n) is 2.85. The molecule has 17 heavy (non-hydrogen) atoms. The molecule has 0 aliphatic rings. The molecule has 0 saturated heterocycles. The number of anilines is 1. The molecule has 0 bridgehead atoms. The monoisotopic (exact) mass is 229 g/mol. The van der Waals surface area contributed by atoms with Crippen LogP contribution in [-0.4, -0.2) is 9.97 Å². The number of rotatable bonds is 2. The SMILES string of the molecule is CC(C)(C)c1ccc(Cc2ncc[nH]2)cc1N. The summed E-state index contributed by atoms with van der Waals surface area (Å²) in [4.78, 5) is 7.31. The van der Waals surface area contributed by atoms with E-state index in [1.54, 1.807) is 6.20 Å². The van der Waals surface area contributed by atoms with E-state index in [0.717, 1.165) is 17.9 Å². The molecule has 3 nitrogen and oxygen atoms in total. The van der Waals surface area contributed by atoms with Crippen LogP contribution >= 0.6 is 0 Å². The van der Waals surface area contributed by atoms with Crippen LogP contribution in [0.25, 0.3) is 0 Å². The zero-order valence-corrected chi connectivity index (χ0v) is 10.6. The van der Waals surface area contributed by atoms with E-state index in [2.05, 4.69) is 42.9 Å². The van der Waals surface area contributed by atoms with Crippen LogP contribution in [0.1, 0.15) is 37.7 Å². The van der Waals surface area contributed by atoms with Crippen molar-refractivity contribution in [2.45, 2.75) is 32.6 Å². The fourth-order valence-electron chi connectivity index (χ4n) is 1.99. The first-order chi connectivity index (χ1) is 7.97. The molecule has 0 radical (unpaired) electrons. The number of aromatic amines is 1. The second-order valence-corrected chi connectivity index (χ2v) is 5.38. The zero-order valence-electron chi connectivity index (χ0n) is 10.6. The van der Waals surface area contributed by atoms with Gasteiger partial charge in [-0.2, -0.15) is 0 Å². The van der Waals surface area contributed by atoms with E-state index in [4.69, 9.17) is 5.73 Å². The molecule has 2 rings (SSSR count). The van der Waals surface area contributed by atoms with Gasteiger partial charge in [0, 0.05) is 24.5 Å². The Bertz CT molecular complexity index is 493. The van der Waals surface area contributed by atoms with Crippen molar-refractivity contribution in [3.05, 3.63) is 47.5 Å². The van der Waals surface area contributed by atoms with E-state index in [-0.39, 0.29) is 5.41 Å². The number of imidazole rings is 1. The number of H-pyrrole nitrogens is 1. The molecule has 0 fully saturated rings. The minimum atomic E-state index is 0.0906. The summed E-state index contributed by atoms with van der Waals surface area (Å²) in [6.07, 6.45) is 4.39. The van der Waals surface area contributed by atoms with Crippen molar-refractivity contribution in [1.82, 2.24) is 9.97 Å². The lowest BCUT2D eigenvalue weighted by atomic mass is 9.85. The van der Waals surface area contributed by atoms with Crippen molar-refractivity contribution in [2.75, 3.05) is 5.73 Å². The van der Waals surface area contributed by atoms with Crippen molar-refractivity contribution >= 4 is 5.69 Å². The number of nitrogens with one attached hydrogen (secondary N) is 1. The summed E-state index contributed by atoms with van der Waals surface area (Å²) in [7, 11) is 0. The van der Waals surface area contributed by atoms with Gasteiger partial charge in [-0.1, -0.05) is 32.9 Å². The fourth-order valence-corrected chi connectivity index (χ4v) is 1.99. The van der Waals surface area contributed by atoms with Crippen LogP contribution in [0.2, 0.25) is 0 Å². The topological polar surface area (TPSA) is 54.7 Å². The van der Waals surface area contributed by atoms with Gasteiger partial charge in [0.1, 0.15) is 5.82 Å². The summed E-state index contributed by atoms with van der Waals surface area (Å²) in [6.45, 7) is 6.51. The summed E-state index contributed by atoms with van der Waals surface area (Å²) in [5.41, 5.74) is 9.44. The van der Waals surface area contributed by atoms with Crippen LogP contribution in [0.4, 0.5) is 5.69 Å². The van der Waals surface area contributed by atoms with E-state index in [1.807, 2.05) is 12.3 Å². The Hall–Kier alpha value is -1.77. The number of nitrogens with two attached hydrogens (primary N) is 1. The molecule has 1 aromatic heterocycles. The molecular formula is C14H19N3. The zero-order chi connectivity index (χ0) is 12.5. The molecule has 1 aromatic carbocycles. The molecule has 0 aliphatic carbocycles. The van der Waals surface area contributed by atoms with Gasteiger partial charge in [0.25, 0.3) is 0 Å². The van der Waals surface area contributed by atoms with Crippen molar-refractivity contribution in [1.29, 1.82) is 0 Å². The van der Waals surface area contributed by atoms with Crippen LogP contribution in [0.5, 0.6) is 0 Å². The first-order valence-electron chi connectivity index (χ1n) is 5.84. The third kappa shape index (κ3) is 2.67. The second kappa shape index (κ2) is 4.24. The number of hydrogen-bond donors (Lipinski definition) is 2. The normalized spacial score (nSPS) is 11.7. The van der Waals surface area contributed by atoms with Gasteiger partial charge in [-0.15, -0.1) is 0 Å². The molecule has 3 heteroatoms. The largest absolute Gasteiger partial charge is 0.398 e. The van der Waals surface area contributed by atoms with E-state index < -0.39 is 0 Å². The van der Waals surface area contributed by atoms with Gasteiger partial charge in [-0.05, 0) is 22.6 Å². The molecule has 1 heterocycles. The van der Waals surface area contributed by atoms with Gasteiger partial charge in [-0.25, -0.2) is 4.98 Å². The summed E-state index contributed by atoms with van der Waals surface area (Å²) in [6, 6.07) is 6.29. The molecule has 0 amide bonds. The molecule has 3 N–H and O–H groups in total. The van der Waals surface area contributed by atoms with Crippen molar-refractivity contribution in [3.63, 3.8) is 0 Å². The Morgan fingerprint density at radius 2 is 2.06 bits per heavy atom. The highest BCUT2D eigenvalue weighted by Gasteiger charge is 2.16. The third-order valence-corrected chi connectivity index (χ3v) is 2.85. The molecule has 0 atom stereocenters. The van der Waals surface area contributed by atoms with Crippen LogP contribution < -0.4 is 5.73 Å². The highest BCUT2D eigenvalue weighted by atomic mass is 14.9. The highest BCUT2D eigenvalue weighted by molar-refractivity contribution is 5.52. The summed E-state index contributed by atoms with van der Waals surface area (Å²) >= 11 is 0. The smallest absolute Gasteiger partial charge is 0.110 e. The molecular weight excluding hydrogens is 210 g/mol. The van der Waals surface area contributed by atoms with Gasteiger partial charge in [0.05, 0.1) is 0 Å². The first kappa shape index (κ1) is 11.7. The van der Waals surface area contributed by atoms with E-state index in [1.165, 1.54) is 11.1 Å². The fraction of sp³-hybridized carbons (Fsp3) is 0.357. The molecule has 0 saturated carbocycles. The number of nitrogens with zero attached hydrogens (tertiary/aromatic N) is 1. The van der Waals surface area contributed by atoms with E-state index in [0.29, 0.717) is 0 Å². The van der Waals surface area contributed by atoms with Crippen molar-refractivity contribution in [2.24, 2.45) is 0 Å². The Balaban J connectivity index is 2.25. The molecule has 90 valence electrons. The predicted molar refractivity (Wildman–Crippen MR) is 70.9 cm³/mol. The van der Waals surface area contributed by atoms with Gasteiger partial charge in [0.15, 0.2) is 0 Å². The van der Waals surface area contributed by atoms with Crippen molar-refractivity contribution < 1.29 is 0 Å². The van der Waals surface area contributed by atoms with Gasteiger partial charge in [0.2, 0.25) is 0 Å². The van der Waals surface area contributed by atoms with Crippen LogP contribution in [0.15, 0.2) is 30.6 Å². The summed E-state index contributed by atoms with van der Waals surface area (Å²) in [5.74, 6) is 0.966. The lowest BCUT2D eigenvalue weighted by Crippen LogP contribution is -2.14. The minimum Gasteiger partial charge on any atom is -0.398 e. The number of hydrogen-bond acceptors (Lipinski definition) is 2. The van der Waals surface area contributed by atoms with Crippen molar-refractivity contribution in [3.8, 4) is 0 Å². The van der Waals surface area contributed by atoms with Gasteiger partial charge >= 0.3 is 0 Å². The van der Waals surface area contributed by atoms with Gasteiger partial charge < -0.3 is 10.7 Å². The molecule has 0 spiro atoms. The average Bonchev–Trinajstić information content (AvgIpc) is 2.68. The van der Waals surface area contributed by atoms with Gasteiger partial charge in [-0.3, -0.25) is 0 Å². The summed E-state index contributed by atoms with van der Waals surface area (Å²) < 4.78 is 0. The molecule has 0 unspecified atom stereocenters. The lowest BCUT2D eigenvalue weighted by molar-refractivity contribution is 0.592. The Labute approximate surface area is 102 Å². The maximum atomic E-state index is 6.11. The first-order valence-corrected chi connectivity index (χ1v) is 5.84. The Kier molecular flexibility index (Phi) is 2.92. The molecule has 0 aliphatic heterocycles. The Morgan fingerprint density at radius 3 is 2.59 bits per heavy atom. The Morgan fingerprint density at radius 1 is 1.29 bits per heavy atom. The van der Waals surface area contributed by atoms with E-state index in [9.17, 15) is 0 Å². The van der Waals surface area contributed by atoms with Crippen LogP contribution in [0, 0.1) is 0 Å². The number of nitrogen functional groups attached to an aromatic ring is 1. The average molecular weight is 229 g/mol. The standard InChI is InChI=1S/C14H19N3/c1-14(2,3)11-5-4-10(8-12(11)15)9-13-16-6-7-17-13/h4-8H,9,15H2,1-3H3,(H,16,17). The lowest BCUT2D eigenvalue weighted by Gasteiger charge is -2.21. The predicted octanol–water partition coefficient (Wildman–Crippen LogP) is 2.88. The minimum absolute atomic E-state index is 0.0906. The van der Waals surface area contributed by atoms with Crippen LogP contribution in [0.3, 0.4) is 0 Å². The maximum absolute atomic E-state index is 6.11. The number of aromatic nitrogens is 2. The van der Waals surface area contributed by atoms with E-state index >= 15 is 0 Å². The highest BCUT2D eigenvalue weighted by Crippen LogP contribution is 2.28. The molecule has 2 aromatic rings. The van der Waals surface area contributed by atoms with Crippen LogP contribution in [-0.2, 0) is 11.8 Å². The summed E-state index contributed by atoms with van der Waals surface area (Å²) in [5, 5.41) is 0. The second-order valence-electron chi connectivity index (χ2n) is 5.38. The quantitative estimate of drug-likeness (QED) is 0.778. The maximum Gasteiger partial charge on any atom is 0.110 e.